The van der Waals surface area contributed by atoms with E-state index in [4.69, 9.17) is 9.64 Å². The van der Waals surface area contributed by atoms with Crippen LogP contribution in [0.1, 0.15) is 27.7 Å². The van der Waals surface area contributed by atoms with E-state index in [0.29, 0.717) is 0 Å². The van der Waals surface area contributed by atoms with Gasteiger partial charge in [0.15, 0.2) is 0 Å². The molecule has 14 heavy (non-hydrogen) atoms. The van der Waals surface area contributed by atoms with Crippen molar-refractivity contribution in [2.75, 3.05) is 0 Å². The SMILES string of the molecule is CC(C)[O][Ti]([O]C(C)C)[O][Si](C)(C)C. The Hall–Kier alpha value is 0.811. The third-order valence-electron chi connectivity index (χ3n) is 1.05. The molecular weight excluding hydrogens is 232 g/mol. The molecule has 0 aliphatic carbocycles. The zero-order valence-electron chi connectivity index (χ0n) is 10.4. The molecule has 85 valence electrons. The Morgan fingerprint density at radius 3 is 1.43 bits per heavy atom. The van der Waals surface area contributed by atoms with Crippen LogP contribution in [0.25, 0.3) is 0 Å². The van der Waals surface area contributed by atoms with Crippen molar-refractivity contribution in [1.29, 1.82) is 0 Å². The van der Waals surface area contributed by atoms with Gasteiger partial charge >= 0.3 is 96.5 Å². The molecule has 0 fully saturated rings. The monoisotopic (exact) mass is 255 g/mol. The van der Waals surface area contributed by atoms with Crippen LogP contribution in [0.4, 0.5) is 0 Å². The van der Waals surface area contributed by atoms with Crippen molar-refractivity contribution in [3.8, 4) is 0 Å². The van der Waals surface area contributed by atoms with Crippen LogP contribution < -0.4 is 0 Å². The molecule has 0 radical (unpaired) electrons. The molecule has 0 aromatic heterocycles. The average molecular weight is 255 g/mol. The topological polar surface area (TPSA) is 27.7 Å². The van der Waals surface area contributed by atoms with Gasteiger partial charge in [0.05, 0.1) is 0 Å². The van der Waals surface area contributed by atoms with Gasteiger partial charge < -0.3 is 0 Å². The van der Waals surface area contributed by atoms with Gasteiger partial charge in [0, 0.05) is 0 Å². The van der Waals surface area contributed by atoms with Crippen molar-refractivity contribution in [2.45, 2.75) is 59.5 Å². The minimum atomic E-state index is -2.19. The fraction of sp³-hybridized carbons (Fsp3) is 1.00. The summed E-state index contributed by atoms with van der Waals surface area (Å²) in [5.74, 6) is 0. The van der Waals surface area contributed by atoms with E-state index in [2.05, 4.69) is 19.6 Å². The van der Waals surface area contributed by atoms with Crippen LogP contribution >= 0.6 is 0 Å². The molecule has 0 N–H and O–H groups in total. The maximum absolute atomic E-state index is 5.92. The number of hydrogen-bond donors (Lipinski definition) is 0. The molecule has 0 atom stereocenters. The van der Waals surface area contributed by atoms with Gasteiger partial charge in [-0.2, -0.15) is 0 Å². The van der Waals surface area contributed by atoms with Crippen molar-refractivity contribution < 1.29 is 28.7 Å². The van der Waals surface area contributed by atoms with Crippen molar-refractivity contribution in [3.05, 3.63) is 0 Å². The van der Waals surface area contributed by atoms with Gasteiger partial charge in [0.2, 0.25) is 0 Å². The van der Waals surface area contributed by atoms with Crippen molar-refractivity contribution in [2.24, 2.45) is 0 Å². The summed E-state index contributed by atoms with van der Waals surface area (Å²) in [6.45, 7) is 14.6. The molecule has 3 nitrogen and oxygen atoms in total. The molecule has 0 saturated heterocycles. The van der Waals surface area contributed by atoms with Crippen LogP contribution in [0.5, 0.6) is 0 Å². The molecule has 5 heteroatoms. The van der Waals surface area contributed by atoms with Crippen LogP contribution in [-0.2, 0) is 28.7 Å². The molecule has 0 aromatic carbocycles. The quantitative estimate of drug-likeness (QED) is 0.683. The summed E-state index contributed by atoms with van der Waals surface area (Å²) in [5, 5.41) is 0. The molecule has 0 unspecified atom stereocenters. The Morgan fingerprint density at radius 1 is 0.857 bits per heavy atom. The zero-order chi connectivity index (χ0) is 11.4. The summed E-state index contributed by atoms with van der Waals surface area (Å²) in [5.41, 5.74) is 0. The van der Waals surface area contributed by atoms with Crippen LogP contribution in [-0.4, -0.2) is 20.5 Å². The van der Waals surface area contributed by atoms with E-state index < -0.39 is 27.4 Å². The predicted molar refractivity (Wildman–Crippen MR) is 56.9 cm³/mol. The molecule has 0 saturated carbocycles. The third-order valence-corrected chi connectivity index (χ3v) is 7.56. The van der Waals surface area contributed by atoms with Crippen molar-refractivity contribution >= 4 is 8.32 Å². The van der Waals surface area contributed by atoms with Gasteiger partial charge in [-0.3, -0.25) is 0 Å². The first kappa shape index (κ1) is 14.8. The second-order valence-corrected chi connectivity index (χ2v) is 11.7. The van der Waals surface area contributed by atoms with E-state index in [1.807, 2.05) is 27.7 Å². The summed E-state index contributed by atoms with van der Waals surface area (Å²) < 4.78 is 17.3. The molecule has 0 aromatic rings. The molecule has 0 rings (SSSR count). The second-order valence-electron chi connectivity index (χ2n) is 4.80. The second kappa shape index (κ2) is 6.41. The maximum atomic E-state index is 5.92. The minimum absolute atomic E-state index is 0.195. The third kappa shape index (κ3) is 9.37. The Balaban J connectivity index is 4.11. The fourth-order valence-electron chi connectivity index (χ4n) is 0.711. The summed E-state index contributed by atoms with van der Waals surface area (Å²) in [7, 11) is -1.53. The van der Waals surface area contributed by atoms with Crippen LogP contribution in [0, 0.1) is 0 Å². The first-order valence-electron chi connectivity index (χ1n) is 5.10. The van der Waals surface area contributed by atoms with Gasteiger partial charge in [-0.05, 0) is 0 Å². The van der Waals surface area contributed by atoms with Gasteiger partial charge in [-0.15, -0.1) is 0 Å². The molecule has 0 aliphatic rings. The first-order chi connectivity index (χ1) is 6.20. The molecule has 0 amide bonds. The van der Waals surface area contributed by atoms with Crippen LogP contribution in [0.15, 0.2) is 0 Å². The van der Waals surface area contributed by atoms with E-state index in [-0.39, 0.29) is 12.2 Å². The zero-order valence-corrected chi connectivity index (χ0v) is 12.9. The van der Waals surface area contributed by atoms with Gasteiger partial charge in [0.25, 0.3) is 0 Å². The standard InChI is InChI=1S/C3H9OSi.2C3H7O.Ti/c1-5(2,3)4;2*1-3(2)4;/h1-3H3;2*3H,1-2H3;/q3*-1;+3. The molecular formula is C9H23O3SiTi. The van der Waals surface area contributed by atoms with E-state index in [9.17, 15) is 0 Å². The molecule has 0 bridgehead atoms. The number of rotatable bonds is 6. The van der Waals surface area contributed by atoms with Crippen LogP contribution in [0.2, 0.25) is 19.6 Å². The van der Waals surface area contributed by atoms with Crippen LogP contribution in [0.3, 0.4) is 0 Å². The Labute approximate surface area is 96.5 Å². The first-order valence-corrected chi connectivity index (χ1v) is 10.4. The molecule has 0 aliphatic heterocycles. The Kier molecular flexibility index (Phi) is 6.78. The normalized spacial score (nSPS) is 12.6. The average Bonchev–Trinajstić information content (AvgIpc) is 1.77. The van der Waals surface area contributed by atoms with E-state index in [1.54, 1.807) is 0 Å². The van der Waals surface area contributed by atoms with Gasteiger partial charge in [-0.1, -0.05) is 0 Å². The molecule has 0 heterocycles. The summed E-state index contributed by atoms with van der Waals surface area (Å²) in [6.07, 6.45) is 0.389. The Morgan fingerprint density at radius 2 is 1.21 bits per heavy atom. The van der Waals surface area contributed by atoms with E-state index in [0.717, 1.165) is 0 Å². The molecule has 0 spiro atoms. The summed E-state index contributed by atoms with van der Waals surface area (Å²) in [6, 6.07) is 0. The van der Waals surface area contributed by atoms with E-state index in [1.165, 1.54) is 0 Å². The predicted octanol–water partition coefficient (Wildman–Crippen LogP) is 3.05. The van der Waals surface area contributed by atoms with Crippen molar-refractivity contribution in [1.82, 2.24) is 0 Å². The fourth-order valence-corrected chi connectivity index (χ4v) is 5.39. The van der Waals surface area contributed by atoms with Crippen molar-refractivity contribution in [3.63, 3.8) is 0 Å². The Bertz CT molecular complexity index is 147. The van der Waals surface area contributed by atoms with Gasteiger partial charge in [-0.25, -0.2) is 0 Å². The number of hydrogen-bond acceptors (Lipinski definition) is 3. The summed E-state index contributed by atoms with van der Waals surface area (Å²) in [4.78, 5) is 0. The van der Waals surface area contributed by atoms with E-state index >= 15 is 0 Å². The van der Waals surface area contributed by atoms with Gasteiger partial charge in [0.1, 0.15) is 0 Å². The summed E-state index contributed by atoms with van der Waals surface area (Å²) >= 11 is -2.19.